The van der Waals surface area contributed by atoms with Gasteiger partial charge in [-0.1, -0.05) is 71.9 Å². The lowest BCUT2D eigenvalue weighted by Gasteiger charge is -2.08. The van der Waals surface area contributed by atoms with Crippen LogP contribution >= 0.6 is 0 Å². The van der Waals surface area contributed by atoms with Crippen molar-refractivity contribution in [1.29, 1.82) is 0 Å². The SMILES string of the molecule is CCOC(=O)CON=C(C)c1ccc(-c2cccc3ccccc23)cc1. The van der Waals surface area contributed by atoms with Gasteiger partial charge in [-0.05, 0) is 41.3 Å². The number of fused-ring (bicyclic) bond motifs is 1. The molecule has 132 valence electrons. The lowest BCUT2D eigenvalue weighted by Crippen LogP contribution is -2.11. The van der Waals surface area contributed by atoms with Crippen molar-refractivity contribution in [3.8, 4) is 11.1 Å². The molecule has 0 unspecified atom stereocenters. The molecule has 0 fully saturated rings. The molecule has 0 aliphatic carbocycles. The molecule has 4 nitrogen and oxygen atoms in total. The van der Waals surface area contributed by atoms with Gasteiger partial charge in [0.15, 0.2) is 0 Å². The highest BCUT2D eigenvalue weighted by Crippen LogP contribution is 2.28. The van der Waals surface area contributed by atoms with Crippen molar-refractivity contribution in [1.82, 2.24) is 0 Å². The van der Waals surface area contributed by atoms with Gasteiger partial charge in [0.25, 0.3) is 0 Å². The average molecular weight is 347 g/mol. The Balaban J connectivity index is 1.77. The summed E-state index contributed by atoms with van der Waals surface area (Å²) >= 11 is 0. The second-order valence-corrected chi connectivity index (χ2v) is 5.86. The van der Waals surface area contributed by atoms with E-state index in [0.717, 1.165) is 11.1 Å². The number of nitrogens with zero attached hydrogens (tertiary/aromatic N) is 1. The van der Waals surface area contributed by atoms with Crippen molar-refractivity contribution in [3.05, 3.63) is 72.3 Å². The summed E-state index contributed by atoms with van der Waals surface area (Å²) in [5.74, 6) is -0.421. The Morgan fingerprint density at radius 3 is 2.46 bits per heavy atom. The molecule has 0 aliphatic rings. The highest BCUT2D eigenvalue weighted by atomic mass is 16.7. The molecule has 3 aromatic rings. The first-order valence-corrected chi connectivity index (χ1v) is 8.60. The lowest BCUT2D eigenvalue weighted by molar-refractivity contribution is -0.148. The Bertz CT molecular complexity index is 924. The van der Waals surface area contributed by atoms with Crippen molar-refractivity contribution in [2.75, 3.05) is 13.2 Å². The highest BCUT2D eigenvalue weighted by Gasteiger charge is 2.05. The van der Waals surface area contributed by atoms with E-state index in [1.54, 1.807) is 6.92 Å². The molecule has 3 aromatic carbocycles. The summed E-state index contributed by atoms with van der Waals surface area (Å²) in [5, 5.41) is 6.43. The summed E-state index contributed by atoms with van der Waals surface area (Å²) < 4.78 is 4.80. The number of carbonyl (C=O) groups excluding carboxylic acids is 1. The zero-order valence-electron chi connectivity index (χ0n) is 14.9. The fourth-order valence-corrected chi connectivity index (χ4v) is 2.81. The van der Waals surface area contributed by atoms with Crippen LogP contribution < -0.4 is 0 Å². The predicted octanol–water partition coefficient (Wildman–Crippen LogP) is 4.81. The first kappa shape index (κ1) is 17.7. The van der Waals surface area contributed by atoms with Gasteiger partial charge in [-0.15, -0.1) is 0 Å². The van der Waals surface area contributed by atoms with E-state index in [-0.39, 0.29) is 6.61 Å². The van der Waals surface area contributed by atoms with Crippen LogP contribution in [0.5, 0.6) is 0 Å². The monoisotopic (exact) mass is 347 g/mol. The van der Waals surface area contributed by atoms with Crippen molar-refractivity contribution < 1.29 is 14.4 Å². The Labute approximate surface area is 153 Å². The van der Waals surface area contributed by atoms with Crippen molar-refractivity contribution in [2.24, 2.45) is 5.16 Å². The van der Waals surface area contributed by atoms with Crippen LogP contribution in [-0.2, 0) is 14.4 Å². The van der Waals surface area contributed by atoms with Crippen LogP contribution in [-0.4, -0.2) is 24.9 Å². The molecule has 0 bridgehead atoms. The average Bonchev–Trinajstić information content (AvgIpc) is 2.68. The minimum Gasteiger partial charge on any atom is -0.463 e. The minimum atomic E-state index is -0.421. The number of esters is 1. The summed E-state index contributed by atoms with van der Waals surface area (Å²) in [6.45, 7) is 3.75. The number of hydrogen-bond donors (Lipinski definition) is 0. The second-order valence-electron chi connectivity index (χ2n) is 5.86. The van der Waals surface area contributed by atoms with E-state index in [9.17, 15) is 4.79 Å². The maximum absolute atomic E-state index is 11.3. The van der Waals surface area contributed by atoms with Gasteiger partial charge in [0.2, 0.25) is 6.61 Å². The quantitative estimate of drug-likeness (QED) is 0.365. The third-order valence-electron chi connectivity index (χ3n) is 4.09. The molecule has 3 rings (SSSR count). The van der Waals surface area contributed by atoms with Gasteiger partial charge in [-0.25, -0.2) is 4.79 Å². The molecule has 4 heteroatoms. The third-order valence-corrected chi connectivity index (χ3v) is 4.09. The molecule has 0 heterocycles. The molecule has 0 amide bonds. The van der Waals surface area contributed by atoms with Crippen LogP contribution in [0.15, 0.2) is 71.9 Å². The van der Waals surface area contributed by atoms with Gasteiger partial charge in [-0.3, -0.25) is 0 Å². The Kier molecular flexibility index (Phi) is 5.64. The topological polar surface area (TPSA) is 47.9 Å². The standard InChI is InChI=1S/C22H21NO3/c1-3-25-22(24)15-26-23-16(2)17-11-13-19(14-12-17)21-10-6-8-18-7-4-5-9-20(18)21/h4-14H,3,15H2,1-2H3. The zero-order chi connectivity index (χ0) is 18.4. The van der Waals surface area contributed by atoms with E-state index in [1.807, 2.05) is 25.1 Å². The van der Waals surface area contributed by atoms with E-state index < -0.39 is 5.97 Å². The summed E-state index contributed by atoms with van der Waals surface area (Å²) in [6.07, 6.45) is 0. The van der Waals surface area contributed by atoms with Crippen molar-refractivity contribution >= 4 is 22.5 Å². The molecule has 0 saturated carbocycles. The molecule has 26 heavy (non-hydrogen) atoms. The van der Waals surface area contributed by atoms with Gasteiger partial charge in [0.05, 0.1) is 12.3 Å². The second kappa shape index (κ2) is 8.30. The van der Waals surface area contributed by atoms with Crippen LogP contribution in [0, 0.1) is 0 Å². The molecule has 0 radical (unpaired) electrons. The summed E-state index contributed by atoms with van der Waals surface area (Å²) in [6, 6.07) is 22.8. The number of oxime groups is 1. The van der Waals surface area contributed by atoms with Crippen LogP contribution in [0.2, 0.25) is 0 Å². The summed E-state index contributed by atoms with van der Waals surface area (Å²) in [7, 11) is 0. The molecule has 0 N–H and O–H groups in total. The van der Waals surface area contributed by atoms with E-state index in [0.29, 0.717) is 12.3 Å². The first-order chi connectivity index (χ1) is 12.7. The van der Waals surface area contributed by atoms with Crippen LogP contribution in [0.25, 0.3) is 21.9 Å². The van der Waals surface area contributed by atoms with Gasteiger partial charge in [-0.2, -0.15) is 0 Å². The Morgan fingerprint density at radius 1 is 0.962 bits per heavy atom. The predicted molar refractivity (Wildman–Crippen MR) is 104 cm³/mol. The molecule has 0 aliphatic heterocycles. The first-order valence-electron chi connectivity index (χ1n) is 8.60. The number of hydrogen-bond acceptors (Lipinski definition) is 4. The minimum absolute atomic E-state index is 0.181. The normalized spacial score (nSPS) is 11.4. The smallest absolute Gasteiger partial charge is 0.347 e. The maximum atomic E-state index is 11.3. The fourth-order valence-electron chi connectivity index (χ4n) is 2.81. The van der Waals surface area contributed by atoms with Gasteiger partial charge in [0.1, 0.15) is 0 Å². The van der Waals surface area contributed by atoms with E-state index in [4.69, 9.17) is 9.57 Å². The molecule has 0 spiro atoms. The number of carbonyl (C=O) groups is 1. The van der Waals surface area contributed by atoms with Crippen LogP contribution in [0.3, 0.4) is 0 Å². The molecule has 0 aromatic heterocycles. The van der Waals surface area contributed by atoms with Gasteiger partial charge in [0, 0.05) is 0 Å². The van der Waals surface area contributed by atoms with E-state index >= 15 is 0 Å². The number of ether oxygens (including phenoxy) is 1. The van der Waals surface area contributed by atoms with Crippen molar-refractivity contribution in [2.45, 2.75) is 13.8 Å². The Hall–Kier alpha value is -3.14. The number of benzene rings is 3. The largest absolute Gasteiger partial charge is 0.463 e. The number of rotatable bonds is 6. The van der Waals surface area contributed by atoms with Gasteiger partial charge < -0.3 is 9.57 Å². The molecule has 0 saturated heterocycles. The molecule has 0 atom stereocenters. The maximum Gasteiger partial charge on any atom is 0.347 e. The van der Waals surface area contributed by atoms with E-state index in [2.05, 4.69) is 53.7 Å². The van der Waals surface area contributed by atoms with Crippen LogP contribution in [0.1, 0.15) is 19.4 Å². The fraction of sp³-hybridized carbons (Fsp3) is 0.182. The van der Waals surface area contributed by atoms with Crippen LogP contribution in [0.4, 0.5) is 0 Å². The lowest BCUT2D eigenvalue weighted by atomic mass is 9.97. The highest BCUT2D eigenvalue weighted by molar-refractivity contribution is 6.00. The summed E-state index contributed by atoms with van der Waals surface area (Å²) in [4.78, 5) is 16.3. The summed E-state index contributed by atoms with van der Waals surface area (Å²) in [5.41, 5.74) is 3.99. The Morgan fingerprint density at radius 2 is 1.69 bits per heavy atom. The van der Waals surface area contributed by atoms with E-state index in [1.165, 1.54) is 16.3 Å². The molecular formula is C22H21NO3. The molecular weight excluding hydrogens is 326 g/mol. The van der Waals surface area contributed by atoms with Gasteiger partial charge >= 0.3 is 5.97 Å². The van der Waals surface area contributed by atoms with Crippen molar-refractivity contribution in [3.63, 3.8) is 0 Å². The third kappa shape index (κ3) is 4.09. The zero-order valence-corrected chi connectivity index (χ0v) is 14.9.